The fourth-order valence-corrected chi connectivity index (χ4v) is 3.59. The Kier molecular flexibility index (Phi) is 8.32. The summed E-state index contributed by atoms with van der Waals surface area (Å²) in [5, 5.41) is 5.30. The van der Waals surface area contributed by atoms with Crippen molar-refractivity contribution in [2.45, 2.75) is 13.3 Å². The summed E-state index contributed by atoms with van der Waals surface area (Å²) in [5.41, 5.74) is 1.93. The number of rotatable bonds is 9. The standard InChI is InChI=1S/C24H24ClN3O7/c1-4-15-7-5-6-8-17(15)26-20(29)12-28-23(31)18(27-24(28)32)10-14-9-16(25)22(19(11-14)33-2)35-13-21(30)34-3/h5-11H,4,12-13H2,1-3H3,(H,26,29)(H,27,32)/b18-10+. The Labute approximate surface area is 206 Å². The molecule has 1 aliphatic heterocycles. The number of imide groups is 1. The maximum atomic E-state index is 12.8. The van der Waals surface area contributed by atoms with E-state index in [0.717, 1.165) is 10.5 Å². The molecule has 10 nitrogen and oxygen atoms in total. The molecule has 1 heterocycles. The molecule has 2 N–H and O–H groups in total. The third kappa shape index (κ3) is 6.10. The maximum absolute atomic E-state index is 12.8. The van der Waals surface area contributed by atoms with Gasteiger partial charge in [0.15, 0.2) is 18.1 Å². The number of amides is 4. The number of nitrogens with one attached hydrogen (secondary N) is 2. The second-order valence-electron chi connectivity index (χ2n) is 7.34. The number of urea groups is 1. The minimum Gasteiger partial charge on any atom is -0.493 e. The molecule has 0 unspecified atom stereocenters. The van der Waals surface area contributed by atoms with Gasteiger partial charge >= 0.3 is 12.0 Å². The zero-order chi connectivity index (χ0) is 25.5. The molecule has 35 heavy (non-hydrogen) atoms. The van der Waals surface area contributed by atoms with Crippen LogP contribution in [0.4, 0.5) is 10.5 Å². The first kappa shape index (κ1) is 25.6. The van der Waals surface area contributed by atoms with E-state index < -0.39 is 30.4 Å². The van der Waals surface area contributed by atoms with Gasteiger partial charge in [-0.25, -0.2) is 14.5 Å². The first-order chi connectivity index (χ1) is 16.8. The number of carbonyl (C=O) groups excluding carboxylic acids is 4. The third-order valence-corrected chi connectivity index (χ3v) is 5.34. The van der Waals surface area contributed by atoms with Crippen molar-refractivity contribution in [3.05, 3.63) is 58.2 Å². The second-order valence-corrected chi connectivity index (χ2v) is 7.74. The topological polar surface area (TPSA) is 123 Å². The highest BCUT2D eigenvalue weighted by Gasteiger charge is 2.35. The van der Waals surface area contributed by atoms with Gasteiger partial charge in [-0.15, -0.1) is 0 Å². The molecule has 2 aromatic carbocycles. The van der Waals surface area contributed by atoms with E-state index in [1.54, 1.807) is 12.1 Å². The predicted octanol–water partition coefficient (Wildman–Crippen LogP) is 2.99. The highest BCUT2D eigenvalue weighted by molar-refractivity contribution is 6.32. The number of hydrogen-bond acceptors (Lipinski definition) is 7. The molecule has 4 amide bonds. The Morgan fingerprint density at radius 2 is 1.91 bits per heavy atom. The van der Waals surface area contributed by atoms with E-state index in [1.807, 2.05) is 19.1 Å². The molecular weight excluding hydrogens is 478 g/mol. The number of carbonyl (C=O) groups is 4. The Morgan fingerprint density at radius 1 is 1.17 bits per heavy atom. The molecule has 1 saturated heterocycles. The lowest BCUT2D eigenvalue weighted by Gasteiger charge is -2.14. The van der Waals surface area contributed by atoms with Gasteiger partial charge in [0.1, 0.15) is 12.2 Å². The summed E-state index contributed by atoms with van der Waals surface area (Å²) in [4.78, 5) is 49.8. The zero-order valence-electron chi connectivity index (χ0n) is 19.3. The molecule has 0 saturated carbocycles. The molecule has 0 aromatic heterocycles. The normalized spacial score (nSPS) is 14.1. The fraction of sp³-hybridized carbons (Fsp3) is 0.250. The van der Waals surface area contributed by atoms with E-state index in [-0.39, 0.29) is 28.8 Å². The van der Waals surface area contributed by atoms with Crippen LogP contribution in [0, 0.1) is 0 Å². The van der Waals surface area contributed by atoms with Crippen LogP contribution in [0.25, 0.3) is 6.08 Å². The van der Waals surface area contributed by atoms with Crippen molar-refractivity contribution in [1.29, 1.82) is 0 Å². The van der Waals surface area contributed by atoms with Crippen molar-refractivity contribution in [2.24, 2.45) is 0 Å². The third-order valence-electron chi connectivity index (χ3n) is 5.06. The average molecular weight is 502 g/mol. The van der Waals surface area contributed by atoms with E-state index in [2.05, 4.69) is 15.4 Å². The summed E-state index contributed by atoms with van der Waals surface area (Å²) < 4.78 is 15.2. The van der Waals surface area contributed by atoms with Crippen molar-refractivity contribution in [3.8, 4) is 11.5 Å². The van der Waals surface area contributed by atoms with Crippen molar-refractivity contribution >= 4 is 47.2 Å². The molecule has 2 aromatic rings. The predicted molar refractivity (Wildman–Crippen MR) is 128 cm³/mol. The van der Waals surface area contributed by atoms with E-state index >= 15 is 0 Å². The van der Waals surface area contributed by atoms with Gasteiger partial charge in [0.2, 0.25) is 5.91 Å². The lowest BCUT2D eigenvalue weighted by atomic mass is 10.1. The van der Waals surface area contributed by atoms with Crippen LogP contribution in [0.1, 0.15) is 18.1 Å². The van der Waals surface area contributed by atoms with Crippen LogP contribution < -0.4 is 20.1 Å². The molecule has 1 fully saturated rings. The van der Waals surface area contributed by atoms with E-state index in [1.165, 1.54) is 32.4 Å². The summed E-state index contributed by atoms with van der Waals surface area (Å²) in [7, 11) is 2.61. The highest BCUT2D eigenvalue weighted by atomic mass is 35.5. The number of nitrogens with zero attached hydrogens (tertiary/aromatic N) is 1. The molecule has 11 heteroatoms. The van der Waals surface area contributed by atoms with Gasteiger partial charge in [-0.3, -0.25) is 9.59 Å². The molecule has 3 rings (SSSR count). The van der Waals surface area contributed by atoms with Gasteiger partial charge in [-0.2, -0.15) is 0 Å². The van der Waals surface area contributed by atoms with Crippen molar-refractivity contribution in [3.63, 3.8) is 0 Å². The molecule has 0 radical (unpaired) electrons. The van der Waals surface area contributed by atoms with Gasteiger partial charge in [-0.1, -0.05) is 36.7 Å². The summed E-state index contributed by atoms with van der Waals surface area (Å²) in [6.07, 6.45) is 2.11. The lowest BCUT2D eigenvalue weighted by molar-refractivity contribution is -0.143. The SMILES string of the molecule is CCc1ccccc1NC(=O)CN1C(=O)N/C(=C/c2cc(Cl)c(OCC(=O)OC)c(OC)c2)C1=O. The van der Waals surface area contributed by atoms with Crippen molar-refractivity contribution < 1.29 is 33.4 Å². The summed E-state index contributed by atoms with van der Waals surface area (Å²) in [5.74, 6) is -1.46. The number of ether oxygens (including phenoxy) is 3. The Morgan fingerprint density at radius 3 is 2.60 bits per heavy atom. The average Bonchev–Trinajstić information content (AvgIpc) is 3.10. The molecule has 0 atom stereocenters. The number of hydrogen-bond donors (Lipinski definition) is 2. The minimum atomic E-state index is -0.726. The zero-order valence-corrected chi connectivity index (χ0v) is 20.1. The van der Waals surface area contributed by atoms with Gasteiger partial charge in [0, 0.05) is 5.69 Å². The lowest BCUT2D eigenvalue weighted by Crippen LogP contribution is -2.38. The number of aryl methyl sites for hydroxylation is 1. The smallest absolute Gasteiger partial charge is 0.343 e. The number of para-hydroxylation sites is 1. The van der Waals surface area contributed by atoms with Crippen molar-refractivity contribution in [2.75, 3.05) is 32.7 Å². The van der Waals surface area contributed by atoms with Crippen LogP contribution in [0.3, 0.4) is 0 Å². The van der Waals surface area contributed by atoms with E-state index in [9.17, 15) is 19.2 Å². The number of methoxy groups -OCH3 is 2. The molecule has 1 aliphatic rings. The minimum absolute atomic E-state index is 0.0434. The van der Waals surface area contributed by atoms with Gasteiger partial charge in [0.25, 0.3) is 5.91 Å². The molecule has 0 bridgehead atoms. The van der Waals surface area contributed by atoms with Gasteiger partial charge in [-0.05, 0) is 41.8 Å². The quantitative estimate of drug-likeness (QED) is 0.307. The summed E-state index contributed by atoms with van der Waals surface area (Å²) in [6, 6.07) is 9.55. The molecule has 184 valence electrons. The Balaban J connectivity index is 1.75. The fourth-order valence-electron chi connectivity index (χ4n) is 3.32. The Hall–Kier alpha value is -4.05. The molecule has 0 aliphatic carbocycles. The summed E-state index contributed by atoms with van der Waals surface area (Å²) in [6.45, 7) is 1.13. The first-order valence-electron chi connectivity index (χ1n) is 10.6. The maximum Gasteiger partial charge on any atom is 0.343 e. The van der Waals surface area contributed by atoms with Gasteiger partial charge in [0.05, 0.1) is 19.2 Å². The monoisotopic (exact) mass is 501 g/mol. The summed E-state index contributed by atoms with van der Waals surface area (Å²) >= 11 is 6.27. The van der Waals surface area contributed by atoms with Crippen molar-refractivity contribution in [1.82, 2.24) is 10.2 Å². The van der Waals surface area contributed by atoms with Crippen LogP contribution in [0.2, 0.25) is 5.02 Å². The van der Waals surface area contributed by atoms with Crippen LogP contribution >= 0.6 is 11.6 Å². The van der Waals surface area contributed by atoms with Crippen LogP contribution in [-0.4, -0.2) is 56.1 Å². The molecule has 0 spiro atoms. The van der Waals surface area contributed by atoms with Crippen LogP contribution in [0.5, 0.6) is 11.5 Å². The van der Waals surface area contributed by atoms with Gasteiger partial charge < -0.3 is 24.8 Å². The van der Waals surface area contributed by atoms with E-state index in [4.69, 9.17) is 21.1 Å². The number of esters is 1. The number of halogens is 1. The van der Waals surface area contributed by atoms with Crippen LogP contribution in [0.15, 0.2) is 42.1 Å². The second kappa shape index (κ2) is 11.4. The van der Waals surface area contributed by atoms with E-state index in [0.29, 0.717) is 17.7 Å². The molecular formula is C24H24ClN3O7. The first-order valence-corrected chi connectivity index (χ1v) is 10.9. The Bertz CT molecular complexity index is 1200. The van der Waals surface area contributed by atoms with Crippen LogP contribution in [-0.2, 0) is 25.5 Å². The largest absolute Gasteiger partial charge is 0.493 e. The number of anilines is 1. The highest BCUT2D eigenvalue weighted by Crippen LogP contribution is 2.37. The number of benzene rings is 2.